The Morgan fingerprint density at radius 1 is 0.931 bits per heavy atom. The van der Waals surface area contributed by atoms with Crippen LogP contribution in [-0.4, -0.2) is 37.5 Å². The van der Waals surface area contributed by atoms with Crippen molar-refractivity contribution in [2.75, 3.05) is 13.2 Å². The van der Waals surface area contributed by atoms with E-state index in [0.29, 0.717) is 12.1 Å². The van der Waals surface area contributed by atoms with Gasteiger partial charge >= 0.3 is 0 Å². The molecule has 0 aliphatic carbocycles. The minimum absolute atomic E-state index is 0.309. The number of imidazole rings is 1. The summed E-state index contributed by atoms with van der Waals surface area (Å²) >= 11 is 0. The molecule has 1 saturated heterocycles. The minimum Gasteiger partial charge on any atom is -0.381 e. The Bertz CT molecular complexity index is 1160. The van der Waals surface area contributed by atoms with Crippen LogP contribution in [0.2, 0.25) is 0 Å². The molecule has 1 fully saturated rings. The van der Waals surface area contributed by atoms with E-state index >= 15 is 0 Å². The van der Waals surface area contributed by atoms with E-state index in [4.69, 9.17) is 14.7 Å². The molecule has 4 aromatic rings. The Hall–Kier alpha value is -2.99. The van der Waals surface area contributed by atoms with E-state index in [-0.39, 0.29) is 0 Å². The lowest BCUT2D eigenvalue weighted by Crippen LogP contribution is -2.19. The Kier molecular flexibility index (Phi) is 3.97. The largest absolute Gasteiger partial charge is 0.381 e. The number of hydrogen-bond acceptors (Lipinski definition) is 4. The second kappa shape index (κ2) is 6.81. The molecule has 0 N–H and O–H groups in total. The van der Waals surface area contributed by atoms with Crippen LogP contribution in [-0.2, 0) is 11.2 Å². The van der Waals surface area contributed by atoms with E-state index < -0.39 is 0 Å². The van der Waals surface area contributed by atoms with Crippen LogP contribution in [0.15, 0.2) is 54.9 Å². The summed E-state index contributed by atoms with van der Waals surface area (Å²) in [6.07, 6.45) is 8.16. The van der Waals surface area contributed by atoms with Gasteiger partial charge in [-0.2, -0.15) is 5.10 Å². The van der Waals surface area contributed by atoms with Crippen LogP contribution >= 0.6 is 0 Å². The second-order valence-electron chi connectivity index (χ2n) is 7.95. The van der Waals surface area contributed by atoms with Crippen LogP contribution in [0.25, 0.3) is 22.4 Å². The number of hydrogen-bond donors (Lipinski definition) is 0. The normalized spacial score (nSPS) is 19.7. The van der Waals surface area contributed by atoms with Gasteiger partial charge in [-0.15, -0.1) is 0 Å². The van der Waals surface area contributed by atoms with Crippen molar-refractivity contribution < 1.29 is 4.74 Å². The maximum absolute atomic E-state index is 5.48. The predicted octanol–water partition coefficient (Wildman–Crippen LogP) is 4.18. The summed E-state index contributed by atoms with van der Waals surface area (Å²) < 4.78 is 9.89. The van der Waals surface area contributed by atoms with Crippen molar-refractivity contribution in [1.82, 2.24) is 24.3 Å². The predicted molar refractivity (Wildman–Crippen MR) is 111 cm³/mol. The fourth-order valence-corrected chi connectivity index (χ4v) is 4.69. The molecule has 0 unspecified atom stereocenters. The monoisotopic (exact) mass is 385 g/mol. The number of aryl methyl sites for hydroxylation is 1. The van der Waals surface area contributed by atoms with E-state index in [1.165, 1.54) is 5.56 Å². The number of pyridine rings is 1. The molecular formula is C23H23N5O. The molecule has 0 bridgehead atoms. The highest BCUT2D eigenvalue weighted by molar-refractivity contribution is 5.76. The average molecular weight is 385 g/mol. The molecule has 6 rings (SSSR count). The minimum atomic E-state index is 0.309. The number of ether oxygens (including phenoxy) is 1. The molecule has 6 nitrogen and oxygen atoms in total. The summed E-state index contributed by atoms with van der Waals surface area (Å²) in [4.78, 5) is 9.88. The van der Waals surface area contributed by atoms with Crippen LogP contribution in [0.5, 0.6) is 0 Å². The van der Waals surface area contributed by atoms with Crippen LogP contribution in [0.1, 0.15) is 42.7 Å². The molecule has 146 valence electrons. The number of rotatable bonds is 3. The highest BCUT2D eigenvalue weighted by Crippen LogP contribution is 2.35. The van der Waals surface area contributed by atoms with Crippen molar-refractivity contribution in [1.29, 1.82) is 0 Å². The van der Waals surface area contributed by atoms with E-state index in [1.54, 1.807) is 0 Å². The van der Waals surface area contributed by atoms with Gasteiger partial charge in [-0.3, -0.25) is 4.68 Å². The van der Waals surface area contributed by atoms with Gasteiger partial charge in [0.2, 0.25) is 0 Å². The second-order valence-corrected chi connectivity index (χ2v) is 7.95. The average Bonchev–Trinajstić information content (AvgIpc) is 3.50. The number of benzene rings is 1. The Balaban J connectivity index is 1.39. The first-order valence-electron chi connectivity index (χ1n) is 10.4. The zero-order chi connectivity index (χ0) is 19.2. The van der Waals surface area contributed by atoms with E-state index in [0.717, 1.165) is 67.1 Å². The molecule has 5 heterocycles. The summed E-state index contributed by atoms with van der Waals surface area (Å²) in [6.45, 7) is 1.62. The first kappa shape index (κ1) is 16.9. The highest BCUT2D eigenvalue weighted by Gasteiger charge is 2.28. The summed E-state index contributed by atoms with van der Waals surface area (Å²) in [7, 11) is 0. The lowest BCUT2D eigenvalue weighted by Gasteiger charge is -2.22. The van der Waals surface area contributed by atoms with Crippen molar-refractivity contribution in [2.45, 2.75) is 37.8 Å². The molecule has 3 aromatic heterocycles. The van der Waals surface area contributed by atoms with Crippen molar-refractivity contribution in [2.24, 2.45) is 0 Å². The van der Waals surface area contributed by atoms with Gasteiger partial charge < -0.3 is 9.30 Å². The summed E-state index contributed by atoms with van der Waals surface area (Å²) in [5.41, 5.74) is 5.29. The third kappa shape index (κ3) is 2.86. The van der Waals surface area contributed by atoms with Gasteiger partial charge in [0, 0.05) is 31.4 Å². The van der Waals surface area contributed by atoms with Crippen LogP contribution in [0.3, 0.4) is 0 Å². The number of aromatic nitrogens is 5. The topological polar surface area (TPSA) is 57.8 Å². The fourth-order valence-electron chi connectivity index (χ4n) is 4.69. The molecule has 6 heteroatoms. The first-order valence-corrected chi connectivity index (χ1v) is 10.4. The molecule has 0 spiro atoms. The number of fused-ring (bicyclic) bond motifs is 3. The number of nitrogens with zero attached hydrogens (tertiary/aromatic N) is 5. The molecule has 0 radical (unpaired) electrons. The van der Waals surface area contributed by atoms with Gasteiger partial charge in [-0.25, -0.2) is 9.97 Å². The van der Waals surface area contributed by atoms with Gasteiger partial charge in [-0.05, 0) is 37.0 Å². The summed E-state index contributed by atoms with van der Waals surface area (Å²) in [6, 6.07) is 15.6. The summed E-state index contributed by atoms with van der Waals surface area (Å²) in [5, 5.41) is 4.62. The quantitative estimate of drug-likeness (QED) is 0.531. The maximum atomic E-state index is 5.48. The highest BCUT2D eigenvalue weighted by atomic mass is 16.5. The maximum Gasteiger partial charge on any atom is 0.161 e. The zero-order valence-electron chi connectivity index (χ0n) is 16.2. The smallest absolute Gasteiger partial charge is 0.161 e. The Labute approximate surface area is 169 Å². The van der Waals surface area contributed by atoms with E-state index in [2.05, 4.69) is 63.0 Å². The first-order chi connectivity index (χ1) is 14.4. The molecular weight excluding hydrogens is 362 g/mol. The van der Waals surface area contributed by atoms with E-state index in [1.807, 2.05) is 6.20 Å². The van der Waals surface area contributed by atoms with E-state index in [9.17, 15) is 0 Å². The van der Waals surface area contributed by atoms with Crippen LogP contribution in [0, 0.1) is 0 Å². The fraction of sp³-hybridized carbons (Fsp3) is 0.348. The third-order valence-corrected chi connectivity index (χ3v) is 6.21. The van der Waals surface area contributed by atoms with Gasteiger partial charge in [0.15, 0.2) is 5.65 Å². The standard InChI is InChI=1S/C23H23N5O/c1-2-4-16(5-3-1)21-8-9-22-25-20-7-6-19(26-23(20)28(21)22)17-14-24-27(15-17)18-10-12-29-13-11-18/h1-7,14-15,18,21H,8-13H2/t21-/m1/s1. The van der Waals surface area contributed by atoms with Gasteiger partial charge in [0.05, 0.1) is 24.0 Å². The van der Waals surface area contributed by atoms with Gasteiger partial charge in [0.25, 0.3) is 0 Å². The van der Waals surface area contributed by atoms with Crippen LogP contribution < -0.4 is 0 Å². The molecule has 1 atom stereocenters. The van der Waals surface area contributed by atoms with Crippen molar-refractivity contribution in [3.05, 3.63) is 66.2 Å². The SMILES string of the molecule is c1ccc([C@H]2CCc3nc4ccc(-c5cnn(C6CCOCC6)c5)nc4n32)cc1. The lowest BCUT2D eigenvalue weighted by atomic mass is 10.0. The molecule has 1 aromatic carbocycles. The Morgan fingerprint density at radius 3 is 2.66 bits per heavy atom. The molecule has 2 aliphatic heterocycles. The molecule has 29 heavy (non-hydrogen) atoms. The van der Waals surface area contributed by atoms with Crippen molar-refractivity contribution in [3.63, 3.8) is 0 Å². The Morgan fingerprint density at radius 2 is 1.79 bits per heavy atom. The molecule has 0 saturated carbocycles. The molecule has 0 amide bonds. The van der Waals surface area contributed by atoms with Crippen molar-refractivity contribution in [3.8, 4) is 11.3 Å². The lowest BCUT2D eigenvalue weighted by molar-refractivity contribution is 0.0662. The summed E-state index contributed by atoms with van der Waals surface area (Å²) in [5.74, 6) is 1.14. The van der Waals surface area contributed by atoms with Crippen LogP contribution in [0.4, 0.5) is 0 Å². The zero-order valence-corrected chi connectivity index (χ0v) is 16.2. The van der Waals surface area contributed by atoms with Crippen molar-refractivity contribution >= 4 is 11.2 Å². The molecule has 2 aliphatic rings. The third-order valence-electron chi connectivity index (χ3n) is 6.21. The van der Waals surface area contributed by atoms with Gasteiger partial charge in [0.1, 0.15) is 11.3 Å². The van der Waals surface area contributed by atoms with Gasteiger partial charge in [-0.1, -0.05) is 30.3 Å².